The molecule has 0 unspecified atom stereocenters. The number of ether oxygens (including phenoxy) is 1. The van der Waals surface area contributed by atoms with Crippen molar-refractivity contribution in [3.05, 3.63) is 82.1 Å². The second-order valence-corrected chi connectivity index (χ2v) is 8.22. The number of hydrazone groups is 1. The van der Waals surface area contributed by atoms with Crippen LogP contribution in [0.15, 0.2) is 59.7 Å². The van der Waals surface area contributed by atoms with Gasteiger partial charge in [-0.15, -0.1) is 0 Å². The molecule has 7 nitrogen and oxygen atoms in total. The van der Waals surface area contributed by atoms with Crippen LogP contribution in [0.25, 0.3) is 5.69 Å². The van der Waals surface area contributed by atoms with Gasteiger partial charge in [0.05, 0.1) is 30.1 Å². The van der Waals surface area contributed by atoms with Crippen molar-refractivity contribution in [2.45, 2.75) is 33.8 Å². The minimum absolute atomic E-state index is 0.0728. The summed E-state index contributed by atoms with van der Waals surface area (Å²) >= 11 is 5.86. The number of halogens is 1. The summed E-state index contributed by atoms with van der Waals surface area (Å²) in [5.74, 6) is -0.652. The number of anilines is 1. The van der Waals surface area contributed by atoms with Gasteiger partial charge in [0, 0.05) is 27.7 Å². The maximum absolute atomic E-state index is 12.6. The quantitative estimate of drug-likeness (QED) is 0.281. The van der Waals surface area contributed by atoms with E-state index in [0.717, 1.165) is 28.3 Å². The summed E-state index contributed by atoms with van der Waals surface area (Å²) in [7, 11) is 0. The summed E-state index contributed by atoms with van der Waals surface area (Å²) in [5, 5.41) is 7.72. The van der Waals surface area contributed by atoms with Gasteiger partial charge in [-0.3, -0.25) is 4.79 Å². The normalized spacial score (nSPS) is 11.1. The molecule has 33 heavy (non-hydrogen) atoms. The van der Waals surface area contributed by atoms with E-state index in [1.807, 2.05) is 56.5 Å². The van der Waals surface area contributed by atoms with Crippen molar-refractivity contribution < 1.29 is 14.3 Å². The van der Waals surface area contributed by atoms with Crippen molar-refractivity contribution >= 4 is 35.4 Å². The molecule has 0 radical (unpaired) electrons. The maximum atomic E-state index is 12.6. The van der Waals surface area contributed by atoms with Crippen LogP contribution in [-0.4, -0.2) is 35.3 Å². The minimum atomic E-state index is -0.372. The van der Waals surface area contributed by atoms with Gasteiger partial charge in [0.25, 0.3) is 5.91 Å². The minimum Gasteiger partial charge on any atom is -0.459 e. The molecular formula is C25H27ClN4O3. The highest BCUT2D eigenvalue weighted by Gasteiger charge is 2.18. The fourth-order valence-electron chi connectivity index (χ4n) is 3.37. The Morgan fingerprint density at radius 1 is 1.12 bits per heavy atom. The van der Waals surface area contributed by atoms with Crippen LogP contribution in [0.5, 0.6) is 0 Å². The van der Waals surface area contributed by atoms with E-state index in [-0.39, 0.29) is 24.5 Å². The monoisotopic (exact) mass is 466 g/mol. The number of esters is 1. The van der Waals surface area contributed by atoms with Crippen molar-refractivity contribution in [1.29, 1.82) is 0 Å². The average Bonchev–Trinajstić information content (AvgIpc) is 3.05. The summed E-state index contributed by atoms with van der Waals surface area (Å²) in [6, 6.07) is 16.3. The molecule has 0 aliphatic rings. The van der Waals surface area contributed by atoms with Gasteiger partial charge in [-0.2, -0.15) is 5.10 Å². The summed E-state index contributed by atoms with van der Waals surface area (Å²) in [6.07, 6.45) is 1.38. The number of hydrogen-bond acceptors (Lipinski definition) is 5. The number of carbonyl (C=O) groups excluding carboxylic acids is 2. The summed E-state index contributed by atoms with van der Waals surface area (Å²) in [6.45, 7) is 7.59. The Morgan fingerprint density at radius 2 is 1.82 bits per heavy atom. The molecule has 0 aliphatic heterocycles. The molecule has 0 aliphatic carbocycles. The lowest BCUT2D eigenvalue weighted by Crippen LogP contribution is -2.25. The Hall–Kier alpha value is -3.58. The van der Waals surface area contributed by atoms with Gasteiger partial charge in [0.15, 0.2) is 0 Å². The van der Waals surface area contributed by atoms with Crippen LogP contribution in [0, 0.1) is 13.8 Å². The fourth-order valence-corrected chi connectivity index (χ4v) is 3.50. The number of rotatable bonds is 8. The SMILES string of the molecule is Cc1cc(/C=N\NC(=O)CNc2ccc(Cl)cc2)c(C)n1-c1ccccc1C(=O)OC(C)C. The number of amides is 1. The molecule has 8 heteroatoms. The number of benzene rings is 2. The van der Waals surface area contributed by atoms with Crippen molar-refractivity contribution in [3.63, 3.8) is 0 Å². The van der Waals surface area contributed by atoms with Crippen LogP contribution in [0.4, 0.5) is 5.69 Å². The summed E-state index contributed by atoms with van der Waals surface area (Å²) < 4.78 is 7.37. The van der Waals surface area contributed by atoms with Crippen LogP contribution in [0.2, 0.25) is 5.02 Å². The zero-order valence-electron chi connectivity index (χ0n) is 19.1. The molecule has 0 spiro atoms. The number of nitrogens with zero attached hydrogens (tertiary/aromatic N) is 2. The van der Waals surface area contributed by atoms with E-state index in [0.29, 0.717) is 10.6 Å². The van der Waals surface area contributed by atoms with E-state index < -0.39 is 0 Å². The first-order chi connectivity index (χ1) is 15.8. The largest absolute Gasteiger partial charge is 0.459 e. The highest BCUT2D eigenvalue weighted by atomic mass is 35.5. The molecular weight excluding hydrogens is 440 g/mol. The Balaban J connectivity index is 1.71. The van der Waals surface area contributed by atoms with Gasteiger partial charge in [-0.05, 0) is 70.2 Å². The third-order valence-corrected chi connectivity index (χ3v) is 5.12. The number of aryl methyl sites for hydroxylation is 1. The first-order valence-corrected chi connectivity index (χ1v) is 10.9. The van der Waals surface area contributed by atoms with Crippen LogP contribution in [-0.2, 0) is 9.53 Å². The van der Waals surface area contributed by atoms with Gasteiger partial charge < -0.3 is 14.6 Å². The molecule has 1 heterocycles. The van der Waals surface area contributed by atoms with Gasteiger partial charge >= 0.3 is 5.97 Å². The Bertz CT molecular complexity index is 1170. The lowest BCUT2D eigenvalue weighted by molar-refractivity contribution is -0.119. The molecule has 0 fully saturated rings. The van der Waals surface area contributed by atoms with Crippen LogP contribution >= 0.6 is 11.6 Å². The van der Waals surface area contributed by atoms with E-state index in [1.165, 1.54) is 0 Å². The molecule has 1 amide bonds. The molecule has 3 aromatic rings. The number of nitrogens with one attached hydrogen (secondary N) is 2. The highest BCUT2D eigenvalue weighted by molar-refractivity contribution is 6.30. The van der Waals surface area contributed by atoms with Gasteiger partial charge in [0.1, 0.15) is 0 Å². The molecule has 0 saturated carbocycles. The van der Waals surface area contributed by atoms with E-state index in [1.54, 1.807) is 36.5 Å². The Labute approximate surface area is 198 Å². The van der Waals surface area contributed by atoms with Crippen LogP contribution < -0.4 is 10.7 Å². The first kappa shape index (κ1) is 24.1. The number of para-hydroxylation sites is 1. The van der Waals surface area contributed by atoms with Crippen molar-refractivity contribution in [3.8, 4) is 5.69 Å². The first-order valence-electron chi connectivity index (χ1n) is 10.6. The summed E-state index contributed by atoms with van der Waals surface area (Å²) in [4.78, 5) is 24.7. The zero-order valence-corrected chi connectivity index (χ0v) is 19.8. The Morgan fingerprint density at radius 3 is 2.52 bits per heavy atom. The Kier molecular flexibility index (Phi) is 7.90. The predicted octanol–water partition coefficient (Wildman–Crippen LogP) is 4.87. The third kappa shape index (κ3) is 6.23. The second-order valence-electron chi connectivity index (χ2n) is 7.79. The number of aromatic nitrogens is 1. The van der Waals surface area contributed by atoms with Crippen LogP contribution in [0.3, 0.4) is 0 Å². The molecule has 0 saturated heterocycles. The van der Waals surface area contributed by atoms with Crippen molar-refractivity contribution in [1.82, 2.24) is 9.99 Å². The van der Waals surface area contributed by atoms with Crippen molar-refractivity contribution in [2.24, 2.45) is 5.10 Å². The molecule has 172 valence electrons. The maximum Gasteiger partial charge on any atom is 0.340 e. The van der Waals surface area contributed by atoms with E-state index in [2.05, 4.69) is 15.8 Å². The fraction of sp³-hybridized carbons (Fsp3) is 0.240. The molecule has 2 aromatic carbocycles. The van der Waals surface area contributed by atoms with E-state index in [4.69, 9.17) is 16.3 Å². The molecule has 0 atom stereocenters. The zero-order chi connectivity index (χ0) is 24.0. The average molecular weight is 467 g/mol. The van der Waals surface area contributed by atoms with Gasteiger partial charge in [-0.1, -0.05) is 23.7 Å². The van der Waals surface area contributed by atoms with E-state index in [9.17, 15) is 9.59 Å². The predicted molar refractivity (Wildman–Crippen MR) is 131 cm³/mol. The van der Waals surface area contributed by atoms with Gasteiger partial charge in [0.2, 0.25) is 0 Å². The highest BCUT2D eigenvalue weighted by Crippen LogP contribution is 2.23. The lowest BCUT2D eigenvalue weighted by Gasteiger charge is -2.15. The molecule has 3 rings (SSSR count). The standard InChI is InChI=1S/C25H27ClN4O3/c1-16(2)33-25(32)22-7-5-6-8-23(22)30-17(3)13-19(18(30)4)14-28-29-24(31)15-27-21-11-9-20(26)10-12-21/h5-14,16,27H,15H2,1-4H3,(H,29,31)/b28-14-. The lowest BCUT2D eigenvalue weighted by atomic mass is 10.1. The number of hydrogen-bond donors (Lipinski definition) is 2. The third-order valence-electron chi connectivity index (χ3n) is 4.87. The van der Waals surface area contributed by atoms with Crippen molar-refractivity contribution in [2.75, 3.05) is 11.9 Å². The smallest absolute Gasteiger partial charge is 0.340 e. The number of carbonyl (C=O) groups is 2. The summed E-state index contributed by atoms with van der Waals surface area (Å²) in [5.41, 5.74) is 7.16. The molecule has 0 bridgehead atoms. The molecule has 2 N–H and O–H groups in total. The van der Waals surface area contributed by atoms with Crippen LogP contribution in [0.1, 0.15) is 41.2 Å². The second kappa shape index (κ2) is 10.8. The molecule has 1 aromatic heterocycles. The topological polar surface area (TPSA) is 84.7 Å². The van der Waals surface area contributed by atoms with Gasteiger partial charge in [-0.25, -0.2) is 10.2 Å². The van der Waals surface area contributed by atoms with E-state index >= 15 is 0 Å².